The Bertz CT molecular complexity index is 5030. The smallest absolute Gasteiger partial charge is 0.270 e. The van der Waals surface area contributed by atoms with Gasteiger partial charge in [-0.05, 0) is 120 Å². The van der Waals surface area contributed by atoms with Crippen LogP contribution in [0, 0.1) is 63.5 Å². The first-order valence-electron chi connectivity index (χ1n) is 27.3. The molecule has 0 saturated heterocycles. The fraction of sp³-hybridized carbons (Fsp3) is 0.0811. The van der Waals surface area contributed by atoms with Crippen LogP contribution in [-0.2, 0) is 10.8 Å². The first-order valence-corrected chi connectivity index (χ1v) is 30.6. The van der Waals surface area contributed by atoms with Gasteiger partial charge in [0.2, 0.25) is 0 Å². The van der Waals surface area contributed by atoms with Gasteiger partial charge in [-0.25, -0.2) is 20.2 Å². The molecule has 4 aliphatic carbocycles. The van der Waals surface area contributed by atoms with Gasteiger partial charge in [0.15, 0.2) is 11.6 Å². The van der Waals surface area contributed by atoms with Gasteiger partial charge >= 0.3 is 0 Å². The molecule has 10 heteroatoms. The molecule has 7 aromatic carbocycles. The van der Waals surface area contributed by atoms with E-state index in [1.165, 1.54) is 32.0 Å². The zero-order valence-corrected chi connectivity index (χ0v) is 48.8. The Kier molecular flexibility index (Phi) is 11.4. The quantitative estimate of drug-likeness (QED) is 0.0942. The van der Waals surface area contributed by atoms with Gasteiger partial charge in [-0.15, -0.1) is 45.3 Å². The lowest BCUT2D eigenvalue weighted by atomic mass is 9.65. The number of nitrogens with zero attached hydrogens (tertiary/aromatic N) is 4. The van der Waals surface area contributed by atoms with E-state index in [9.17, 15) is 20.1 Å². The number of carbonyl (C=O) groups excluding carboxylic acids is 2. The molecule has 6 nitrogen and oxygen atoms in total. The number of nitriles is 2. The van der Waals surface area contributed by atoms with Gasteiger partial charge in [0.05, 0.1) is 45.5 Å². The summed E-state index contributed by atoms with van der Waals surface area (Å²) in [5, 5.41) is 20.5. The van der Waals surface area contributed by atoms with Crippen molar-refractivity contribution < 1.29 is 9.59 Å². The molecular weight excluding hydrogens is 1110 g/mol. The summed E-state index contributed by atoms with van der Waals surface area (Å²) in [6, 6.07) is 63.9. The molecule has 0 bridgehead atoms. The minimum absolute atomic E-state index is 0.106. The van der Waals surface area contributed by atoms with E-state index in [1.807, 2.05) is 48.6 Å². The van der Waals surface area contributed by atoms with Crippen molar-refractivity contribution in [3.05, 3.63) is 314 Å². The number of carbonyl (C=O) groups is 2. The molecule has 0 amide bonds. The van der Waals surface area contributed by atoms with Crippen LogP contribution < -0.4 is 0 Å². The first kappa shape index (κ1) is 51.0. The van der Waals surface area contributed by atoms with Gasteiger partial charge in [-0.2, -0.15) is 0 Å². The minimum atomic E-state index is -0.814. The number of rotatable bonds is 6. The maximum Gasteiger partial charge on any atom is 0.270 e. The van der Waals surface area contributed by atoms with Gasteiger partial charge in [-0.3, -0.25) is 9.59 Å². The van der Waals surface area contributed by atoms with Crippen molar-refractivity contribution in [1.29, 1.82) is 10.5 Å². The second-order valence-electron chi connectivity index (χ2n) is 22.0. The number of allylic oxidation sites excluding steroid dienone is 6. The van der Waals surface area contributed by atoms with E-state index in [4.69, 9.17) is 13.1 Å². The summed E-state index contributed by atoms with van der Waals surface area (Å²) in [5.74, 6) is -0.401. The summed E-state index contributed by atoms with van der Waals surface area (Å²) >= 11 is 6.84. The lowest BCUT2D eigenvalue weighted by molar-refractivity contribution is 0.103. The Morgan fingerprint density at radius 2 is 0.833 bits per heavy atom. The van der Waals surface area contributed by atoms with Crippen molar-refractivity contribution in [1.82, 2.24) is 0 Å². The van der Waals surface area contributed by atoms with Crippen LogP contribution in [0.2, 0.25) is 0 Å². The SMILES string of the molecule is [C-]#[N+]/C(C#N)=C1\C(=C\c2cc3sc4c(c3s2)C(c2ccc(C)cc2)(c2ccc(C)cc2)c2cc3c(cc2-4)C(c2cccc(C)c2)(c2cccc(C)c2)c2c-3sc3cc(/C=C4\C(=O)c5ccccc5\C4=C(\C#N)[N+]#[C-])sc23)C(=O)c2ccccc21. The molecule has 4 heterocycles. The molecular formula is C74H42N4O2S4. The summed E-state index contributed by atoms with van der Waals surface area (Å²) in [7, 11) is 0. The van der Waals surface area contributed by atoms with E-state index in [-0.39, 0.29) is 23.0 Å². The highest BCUT2D eigenvalue weighted by Gasteiger charge is 2.54. The summed E-state index contributed by atoms with van der Waals surface area (Å²) < 4.78 is 4.39. The molecule has 0 N–H and O–H groups in total. The molecule has 4 aromatic heterocycles. The van der Waals surface area contributed by atoms with Crippen LogP contribution in [0.25, 0.3) is 72.7 Å². The molecule has 0 radical (unpaired) electrons. The number of thiophene rings is 4. The number of hydrogen-bond acceptors (Lipinski definition) is 8. The summed E-state index contributed by atoms with van der Waals surface area (Å²) in [6.07, 6.45) is 3.78. The summed E-state index contributed by atoms with van der Waals surface area (Å²) in [5.41, 5.74) is 18.0. The highest BCUT2D eigenvalue weighted by molar-refractivity contribution is 7.31. The highest BCUT2D eigenvalue weighted by Crippen LogP contribution is 2.68. The third-order valence-corrected chi connectivity index (χ3v) is 22.0. The summed E-state index contributed by atoms with van der Waals surface area (Å²) in [6.45, 7) is 24.5. The Labute approximate surface area is 501 Å². The lowest BCUT2D eigenvalue weighted by Gasteiger charge is -2.36. The van der Waals surface area contributed by atoms with Gasteiger partial charge in [0.25, 0.3) is 11.4 Å². The fourth-order valence-corrected chi connectivity index (χ4v) is 19.2. The van der Waals surface area contributed by atoms with Crippen LogP contribution >= 0.6 is 45.3 Å². The Morgan fingerprint density at radius 1 is 0.440 bits per heavy atom. The average Bonchev–Trinajstić information content (AvgIpc) is 1.60. The van der Waals surface area contributed by atoms with Gasteiger partial charge in [-0.1, -0.05) is 168 Å². The van der Waals surface area contributed by atoms with E-state index < -0.39 is 10.8 Å². The molecule has 0 unspecified atom stereocenters. The number of Topliss-reactive ketones (excluding diaryl/α,β-unsaturated/α-hetero) is 2. The normalized spacial score (nSPS) is 16.9. The molecule has 11 aromatic rings. The Morgan fingerprint density at radius 3 is 1.21 bits per heavy atom. The molecule has 0 spiro atoms. The van der Waals surface area contributed by atoms with E-state index in [2.05, 4.69) is 171 Å². The molecule has 0 atom stereocenters. The van der Waals surface area contributed by atoms with Crippen LogP contribution in [-0.4, -0.2) is 11.6 Å². The fourth-order valence-electron chi connectivity index (χ4n) is 13.7. The Balaban J connectivity index is 1.02. The topological polar surface area (TPSA) is 90.4 Å². The second kappa shape index (κ2) is 18.8. The van der Waals surface area contributed by atoms with Gasteiger partial charge in [0, 0.05) is 73.5 Å². The molecule has 0 fully saturated rings. The Hall–Kier alpha value is -9.88. The number of aryl methyl sites for hydroxylation is 4. The monoisotopic (exact) mass is 1150 g/mol. The molecule has 394 valence electrons. The van der Waals surface area contributed by atoms with Crippen molar-refractivity contribution in [3.8, 4) is 33.0 Å². The minimum Gasteiger partial charge on any atom is -0.289 e. The van der Waals surface area contributed by atoms with E-state index in [1.54, 1.807) is 57.5 Å². The van der Waals surface area contributed by atoms with E-state index in [0.717, 1.165) is 84.2 Å². The molecule has 0 aliphatic heterocycles. The number of benzene rings is 7. The predicted molar refractivity (Wildman–Crippen MR) is 342 cm³/mol. The van der Waals surface area contributed by atoms with Crippen LogP contribution in [0.1, 0.15) is 108 Å². The van der Waals surface area contributed by atoms with Crippen LogP contribution in [0.5, 0.6) is 0 Å². The molecule has 15 rings (SSSR count). The largest absolute Gasteiger partial charge is 0.289 e. The number of hydrogen-bond donors (Lipinski definition) is 0. The number of fused-ring (bicyclic) bond motifs is 12. The van der Waals surface area contributed by atoms with Crippen LogP contribution in [0.4, 0.5) is 0 Å². The van der Waals surface area contributed by atoms with Crippen LogP contribution in [0.15, 0.2) is 192 Å². The highest BCUT2D eigenvalue weighted by atomic mass is 32.1. The third kappa shape index (κ3) is 7.01. The lowest BCUT2D eigenvalue weighted by Crippen LogP contribution is -2.30. The first-order chi connectivity index (χ1) is 40.9. The van der Waals surface area contributed by atoms with Crippen molar-refractivity contribution in [3.63, 3.8) is 0 Å². The van der Waals surface area contributed by atoms with Gasteiger partial charge < -0.3 is 0 Å². The van der Waals surface area contributed by atoms with Crippen molar-refractivity contribution >= 4 is 99.0 Å². The number of ketones is 2. The van der Waals surface area contributed by atoms with Gasteiger partial charge in [0.1, 0.15) is 0 Å². The molecule has 84 heavy (non-hydrogen) atoms. The van der Waals surface area contributed by atoms with E-state index >= 15 is 0 Å². The van der Waals surface area contributed by atoms with Crippen molar-refractivity contribution in [2.24, 2.45) is 0 Å². The average molecular weight is 1150 g/mol. The maximum atomic E-state index is 14.3. The second-order valence-corrected chi connectivity index (χ2v) is 26.2. The predicted octanol–water partition coefficient (Wildman–Crippen LogP) is 19.1. The van der Waals surface area contributed by atoms with Crippen molar-refractivity contribution in [2.45, 2.75) is 38.5 Å². The zero-order valence-electron chi connectivity index (χ0n) is 45.6. The molecule has 0 saturated carbocycles. The zero-order chi connectivity index (χ0) is 57.5. The maximum absolute atomic E-state index is 14.3. The van der Waals surface area contributed by atoms with E-state index in [0.29, 0.717) is 44.5 Å². The molecule has 4 aliphatic rings. The van der Waals surface area contributed by atoms with Crippen molar-refractivity contribution in [2.75, 3.05) is 0 Å². The summed E-state index contributed by atoms with van der Waals surface area (Å²) in [4.78, 5) is 40.0. The standard InChI is InChI=1S/C74H42N4O2S4/c1-39-21-25-43(26-22-39)73(44-27-23-40(2)24-28-44)57-35-54-58(36-53(57)69-65(73)71-61(83-69)33-47(81-71)31-55-63(59(37-75)77-5)49-17-7-9-19-51(49)67(55)79)74(45-15-11-13-41(3)29-45,46-16-12-14-42(4)30-46)66-70(54)84-62-34-48(82-72(62)66)32-56-64(60(38-76)78-6)50-18-8-10-20-52(50)68(56)80/h7-36H,1-4H3/b55-31-,56-32-,63-59-,64-60+. The van der Waals surface area contributed by atoms with Crippen LogP contribution in [0.3, 0.4) is 0 Å². The third-order valence-electron chi connectivity index (χ3n) is 17.2.